The highest BCUT2D eigenvalue weighted by Gasteiger charge is 2.27. The fourth-order valence-electron chi connectivity index (χ4n) is 2.03. The quantitative estimate of drug-likeness (QED) is 0.855. The molecule has 1 saturated heterocycles. The van der Waals surface area contributed by atoms with Crippen LogP contribution < -0.4 is 0 Å². The highest BCUT2D eigenvalue weighted by atomic mass is 32.2. The zero-order chi connectivity index (χ0) is 10.7. The van der Waals surface area contributed by atoms with Crippen molar-refractivity contribution in [2.45, 2.75) is 44.1 Å². The lowest BCUT2D eigenvalue weighted by Crippen LogP contribution is -2.17. The van der Waals surface area contributed by atoms with Crippen LogP contribution in [0.5, 0.6) is 0 Å². The van der Waals surface area contributed by atoms with E-state index in [9.17, 15) is 5.11 Å². The number of rotatable bonds is 4. The van der Waals surface area contributed by atoms with Gasteiger partial charge in [-0.3, -0.25) is 0 Å². The van der Waals surface area contributed by atoms with Gasteiger partial charge in [-0.1, -0.05) is 6.92 Å². The summed E-state index contributed by atoms with van der Waals surface area (Å²) >= 11 is 1.87. The molecule has 0 bridgehead atoms. The molecule has 0 spiro atoms. The second-order valence-corrected chi connectivity index (χ2v) is 5.32. The molecule has 1 aromatic heterocycles. The van der Waals surface area contributed by atoms with Gasteiger partial charge in [0.1, 0.15) is 11.9 Å². The molecule has 4 heteroatoms. The molecule has 1 aromatic rings. The molecule has 2 rings (SSSR count). The topological polar surface area (TPSA) is 38.0 Å². The maximum Gasteiger partial charge on any atom is 0.138 e. The summed E-state index contributed by atoms with van der Waals surface area (Å²) in [5.41, 5.74) is 0. The van der Waals surface area contributed by atoms with E-state index in [1.54, 1.807) is 6.20 Å². The van der Waals surface area contributed by atoms with Crippen molar-refractivity contribution >= 4 is 11.8 Å². The number of nitrogens with zero attached hydrogens (tertiary/aromatic N) is 2. The molecular weight excluding hydrogens is 208 g/mol. The van der Waals surface area contributed by atoms with Crippen molar-refractivity contribution in [3.8, 4) is 0 Å². The Kier molecular flexibility index (Phi) is 3.70. The van der Waals surface area contributed by atoms with Crippen LogP contribution in [0.15, 0.2) is 12.4 Å². The van der Waals surface area contributed by atoms with Gasteiger partial charge >= 0.3 is 0 Å². The number of aromatic nitrogens is 2. The smallest absolute Gasteiger partial charge is 0.138 e. The summed E-state index contributed by atoms with van der Waals surface area (Å²) in [5.74, 6) is 2.02. The lowest BCUT2D eigenvalue weighted by atomic mass is 10.1. The van der Waals surface area contributed by atoms with Crippen LogP contribution in [-0.2, 0) is 6.54 Å². The van der Waals surface area contributed by atoms with E-state index in [0.29, 0.717) is 5.25 Å². The minimum Gasteiger partial charge on any atom is -0.384 e. The Hall–Kier alpha value is -0.480. The number of aliphatic hydroxyl groups excluding tert-OH is 1. The number of thioether (sulfide) groups is 1. The van der Waals surface area contributed by atoms with E-state index in [1.165, 1.54) is 12.2 Å². The maximum absolute atomic E-state index is 10.2. The van der Waals surface area contributed by atoms with Gasteiger partial charge in [0.15, 0.2) is 0 Å². The third kappa shape index (κ3) is 2.37. The van der Waals surface area contributed by atoms with Crippen LogP contribution in [-0.4, -0.2) is 25.7 Å². The SMILES string of the molecule is CCCn1ccnc1C(O)C1CCCS1. The molecule has 2 unspecified atom stereocenters. The molecule has 1 N–H and O–H groups in total. The molecule has 2 atom stereocenters. The molecule has 1 fully saturated rings. The summed E-state index contributed by atoms with van der Waals surface area (Å²) in [5, 5.41) is 10.6. The fraction of sp³-hybridized carbons (Fsp3) is 0.727. The van der Waals surface area contributed by atoms with Gasteiger partial charge in [0.25, 0.3) is 0 Å². The average Bonchev–Trinajstić information content (AvgIpc) is 2.87. The largest absolute Gasteiger partial charge is 0.384 e. The normalized spacial score (nSPS) is 23.2. The summed E-state index contributed by atoms with van der Waals surface area (Å²) in [6.45, 7) is 3.09. The van der Waals surface area contributed by atoms with E-state index in [1.807, 2.05) is 18.0 Å². The average molecular weight is 226 g/mol. The first-order valence-corrected chi connectivity index (χ1v) is 6.68. The first-order valence-electron chi connectivity index (χ1n) is 5.63. The summed E-state index contributed by atoms with van der Waals surface area (Å²) in [7, 11) is 0. The first kappa shape index (κ1) is 11.0. The Bertz CT molecular complexity index is 307. The highest BCUT2D eigenvalue weighted by molar-refractivity contribution is 8.00. The lowest BCUT2D eigenvalue weighted by Gasteiger charge is -2.17. The fourth-order valence-corrected chi connectivity index (χ4v) is 3.31. The molecule has 0 saturated carbocycles. The van der Waals surface area contributed by atoms with Crippen molar-refractivity contribution in [1.29, 1.82) is 0 Å². The number of aryl methyl sites for hydroxylation is 1. The van der Waals surface area contributed by atoms with Gasteiger partial charge in [-0.2, -0.15) is 11.8 Å². The Morgan fingerprint density at radius 2 is 2.60 bits per heavy atom. The highest BCUT2D eigenvalue weighted by Crippen LogP contribution is 2.35. The summed E-state index contributed by atoms with van der Waals surface area (Å²) < 4.78 is 2.07. The van der Waals surface area contributed by atoms with Gasteiger partial charge in [0, 0.05) is 24.2 Å². The van der Waals surface area contributed by atoms with Crippen molar-refractivity contribution in [2.24, 2.45) is 0 Å². The lowest BCUT2D eigenvalue weighted by molar-refractivity contribution is 0.158. The van der Waals surface area contributed by atoms with E-state index in [0.717, 1.165) is 25.2 Å². The molecular formula is C11H18N2OS. The molecule has 2 heterocycles. The predicted molar refractivity (Wildman–Crippen MR) is 63.0 cm³/mol. The van der Waals surface area contributed by atoms with Crippen LogP contribution in [0, 0.1) is 0 Å². The molecule has 3 nitrogen and oxygen atoms in total. The zero-order valence-electron chi connectivity index (χ0n) is 9.09. The monoisotopic (exact) mass is 226 g/mol. The van der Waals surface area contributed by atoms with Crippen molar-refractivity contribution in [3.63, 3.8) is 0 Å². The van der Waals surface area contributed by atoms with E-state index >= 15 is 0 Å². The minimum absolute atomic E-state index is 0.350. The number of aliphatic hydroxyl groups is 1. The standard InChI is InChI=1S/C11H18N2OS/c1-2-6-13-7-5-12-11(13)10(14)9-4-3-8-15-9/h5,7,9-10,14H,2-4,6,8H2,1H3. The summed E-state index contributed by atoms with van der Waals surface area (Å²) in [6, 6.07) is 0. The maximum atomic E-state index is 10.2. The molecule has 0 amide bonds. The van der Waals surface area contributed by atoms with E-state index < -0.39 is 0 Å². The molecule has 0 radical (unpaired) electrons. The third-order valence-corrected chi connectivity index (χ3v) is 4.24. The van der Waals surface area contributed by atoms with Crippen LogP contribution in [0.4, 0.5) is 0 Å². The van der Waals surface area contributed by atoms with Gasteiger partial charge < -0.3 is 9.67 Å². The predicted octanol–water partition coefficient (Wildman–Crippen LogP) is 2.22. The van der Waals surface area contributed by atoms with E-state index in [2.05, 4.69) is 16.5 Å². The first-order chi connectivity index (χ1) is 7.33. The number of imidazole rings is 1. The van der Waals surface area contributed by atoms with Gasteiger partial charge in [-0.25, -0.2) is 4.98 Å². The minimum atomic E-state index is -0.390. The van der Waals surface area contributed by atoms with Crippen LogP contribution in [0.3, 0.4) is 0 Å². The van der Waals surface area contributed by atoms with E-state index in [-0.39, 0.29) is 6.10 Å². The van der Waals surface area contributed by atoms with Crippen LogP contribution >= 0.6 is 11.8 Å². The Labute approximate surface area is 94.9 Å². The Balaban J connectivity index is 2.09. The molecule has 15 heavy (non-hydrogen) atoms. The Morgan fingerprint density at radius 3 is 3.27 bits per heavy atom. The van der Waals surface area contributed by atoms with Gasteiger partial charge in [0.05, 0.1) is 0 Å². The summed E-state index contributed by atoms with van der Waals surface area (Å²) in [6.07, 6.45) is 6.77. The summed E-state index contributed by atoms with van der Waals surface area (Å²) in [4.78, 5) is 4.28. The number of hydrogen-bond donors (Lipinski definition) is 1. The molecule has 84 valence electrons. The van der Waals surface area contributed by atoms with Crippen molar-refractivity contribution in [2.75, 3.05) is 5.75 Å². The number of hydrogen-bond acceptors (Lipinski definition) is 3. The second-order valence-electron chi connectivity index (χ2n) is 3.98. The molecule has 0 aromatic carbocycles. The zero-order valence-corrected chi connectivity index (χ0v) is 9.91. The second kappa shape index (κ2) is 5.03. The van der Waals surface area contributed by atoms with Gasteiger partial charge in [-0.05, 0) is 25.0 Å². The van der Waals surface area contributed by atoms with E-state index in [4.69, 9.17) is 0 Å². The molecule has 1 aliphatic heterocycles. The van der Waals surface area contributed by atoms with Crippen LogP contribution in [0.2, 0.25) is 0 Å². The Morgan fingerprint density at radius 1 is 1.73 bits per heavy atom. The van der Waals surface area contributed by atoms with Gasteiger partial charge in [0.2, 0.25) is 0 Å². The van der Waals surface area contributed by atoms with Crippen molar-refractivity contribution < 1.29 is 5.11 Å². The van der Waals surface area contributed by atoms with Crippen LogP contribution in [0.1, 0.15) is 38.1 Å². The third-order valence-electron chi connectivity index (χ3n) is 2.79. The molecule has 0 aliphatic carbocycles. The molecule has 1 aliphatic rings. The van der Waals surface area contributed by atoms with Gasteiger partial charge in [-0.15, -0.1) is 0 Å². The van der Waals surface area contributed by atoms with Crippen molar-refractivity contribution in [1.82, 2.24) is 9.55 Å². The van der Waals surface area contributed by atoms with Crippen LogP contribution in [0.25, 0.3) is 0 Å². The van der Waals surface area contributed by atoms with Crippen molar-refractivity contribution in [3.05, 3.63) is 18.2 Å².